The summed E-state index contributed by atoms with van der Waals surface area (Å²) in [4.78, 5) is 0. The smallest absolute Gasteiger partial charge is 0.153 e. The summed E-state index contributed by atoms with van der Waals surface area (Å²) in [6.07, 6.45) is 0. The van der Waals surface area contributed by atoms with Crippen molar-refractivity contribution in [3.05, 3.63) is 57.2 Å². The SMILES string of the molecule is Nc1n[nH]c(-c2ccc(Br)cc2Br)c1-c1cccc(F)c1. The van der Waals surface area contributed by atoms with Crippen LogP contribution in [0.4, 0.5) is 10.2 Å². The first-order chi connectivity index (χ1) is 10.1. The lowest BCUT2D eigenvalue weighted by atomic mass is 10.0. The lowest BCUT2D eigenvalue weighted by molar-refractivity contribution is 0.628. The summed E-state index contributed by atoms with van der Waals surface area (Å²) in [7, 11) is 0. The predicted octanol–water partition coefficient (Wildman–Crippen LogP) is 4.99. The van der Waals surface area contributed by atoms with E-state index in [-0.39, 0.29) is 5.82 Å². The maximum Gasteiger partial charge on any atom is 0.153 e. The molecule has 3 aromatic rings. The van der Waals surface area contributed by atoms with Crippen LogP contribution in [0.25, 0.3) is 22.4 Å². The van der Waals surface area contributed by atoms with Gasteiger partial charge in [0.15, 0.2) is 5.82 Å². The predicted molar refractivity (Wildman–Crippen MR) is 89.2 cm³/mol. The van der Waals surface area contributed by atoms with E-state index in [1.54, 1.807) is 12.1 Å². The normalized spacial score (nSPS) is 10.8. The Morgan fingerprint density at radius 3 is 2.62 bits per heavy atom. The Balaban J connectivity index is 2.22. The third-order valence-electron chi connectivity index (χ3n) is 3.11. The molecule has 0 spiro atoms. The van der Waals surface area contributed by atoms with Crippen LogP contribution in [-0.2, 0) is 0 Å². The molecule has 21 heavy (non-hydrogen) atoms. The highest BCUT2D eigenvalue weighted by atomic mass is 79.9. The number of nitrogens with zero attached hydrogens (tertiary/aromatic N) is 1. The van der Waals surface area contributed by atoms with Gasteiger partial charge < -0.3 is 5.73 Å². The Hall–Kier alpha value is -1.66. The summed E-state index contributed by atoms with van der Waals surface area (Å²) in [6, 6.07) is 12.1. The van der Waals surface area contributed by atoms with Gasteiger partial charge in [-0.25, -0.2) is 4.39 Å². The molecule has 6 heteroatoms. The molecule has 0 aliphatic heterocycles. The van der Waals surface area contributed by atoms with Crippen molar-refractivity contribution in [3.63, 3.8) is 0 Å². The lowest BCUT2D eigenvalue weighted by Gasteiger charge is -2.07. The van der Waals surface area contributed by atoms with Gasteiger partial charge in [0.1, 0.15) is 5.82 Å². The fraction of sp³-hybridized carbons (Fsp3) is 0. The van der Waals surface area contributed by atoms with Gasteiger partial charge in [-0.05, 0) is 29.8 Å². The number of aromatic amines is 1. The summed E-state index contributed by atoms with van der Waals surface area (Å²) in [6.45, 7) is 0. The van der Waals surface area contributed by atoms with E-state index in [1.807, 2.05) is 18.2 Å². The monoisotopic (exact) mass is 409 g/mol. The Morgan fingerprint density at radius 1 is 1.10 bits per heavy atom. The standard InChI is InChI=1S/C15H10Br2FN3/c16-9-4-5-11(12(17)7-9)14-13(15(19)21-20-14)8-2-1-3-10(18)6-8/h1-7H,(H3,19,20,21). The molecule has 0 saturated carbocycles. The highest BCUT2D eigenvalue weighted by Crippen LogP contribution is 2.38. The van der Waals surface area contributed by atoms with E-state index in [2.05, 4.69) is 42.1 Å². The molecule has 0 saturated heterocycles. The molecule has 0 amide bonds. The van der Waals surface area contributed by atoms with E-state index in [9.17, 15) is 4.39 Å². The fourth-order valence-electron chi connectivity index (χ4n) is 2.18. The minimum atomic E-state index is -0.311. The molecule has 2 aromatic carbocycles. The van der Waals surface area contributed by atoms with Crippen LogP contribution in [0, 0.1) is 5.82 Å². The van der Waals surface area contributed by atoms with E-state index in [4.69, 9.17) is 5.73 Å². The Labute approximate surface area is 137 Å². The van der Waals surface area contributed by atoms with Gasteiger partial charge in [0, 0.05) is 14.5 Å². The average molecular weight is 411 g/mol. The summed E-state index contributed by atoms with van der Waals surface area (Å²) in [5.41, 5.74) is 8.98. The van der Waals surface area contributed by atoms with Gasteiger partial charge in [0.05, 0.1) is 11.3 Å². The molecule has 0 bridgehead atoms. The largest absolute Gasteiger partial charge is 0.382 e. The lowest BCUT2D eigenvalue weighted by Crippen LogP contribution is -1.90. The number of hydrogen-bond donors (Lipinski definition) is 2. The fourth-order valence-corrected chi connectivity index (χ4v) is 3.42. The molecule has 106 valence electrons. The molecule has 0 aliphatic carbocycles. The van der Waals surface area contributed by atoms with Crippen LogP contribution in [0.15, 0.2) is 51.4 Å². The summed E-state index contributed by atoms with van der Waals surface area (Å²) < 4.78 is 15.3. The Kier molecular flexibility index (Phi) is 3.82. The topological polar surface area (TPSA) is 54.7 Å². The van der Waals surface area contributed by atoms with E-state index in [0.29, 0.717) is 16.9 Å². The third-order valence-corrected chi connectivity index (χ3v) is 4.26. The van der Waals surface area contributed by atoms with Crippen molar-refractivity contribution in [2.45, 2.75) is 0 Å². The zero-order valence-electron chi connectivity index (χ0n) is 10.7. The zero-order chi connectivity index (χ0) is 15.0. The number of benzene rings is 2. The highest BCUT2D eigenvalue weighted by Gasteiger charge is 2.17. The van der Waals surface area contributed by atoms with Crippen LogP contribution in [-0.4, -0.2) is 10.2 Å². The van der Waals surface area contributed by atoms with E-state index < -0.39 is 0 Å². The van der Waals surface area contributed by atoms with E-state index >= 15 is 0 Å². The second-order valence-corrected chi connectivity index (χ2v) is 6.26. The van der Waals surface area contributed by atoms with Crippen molar-refractivity contribution in [1.29, 1.82) is 0 Å². The molecule has 0 unspecified atom stereocenters. The van der Waals surface area contributed by atoms with Crippen molar-refractivity contribution >= 4 is 37.7 Å². The van der Waals surface area contributed by atoms with E-state index in [1.165, 1.54) is 12.1 Å². The van der Waals surface area contributed by atoms with Gasteiger partial charge in [0.2, 0.25) is 0 Å². The molecule has 0 radical (unpaired) electrons. The number of nitrogens with two attached hydrogens (primary N) is 1. The van der Waals surface area contributed by atoms with Crippen molar-refractivity contribution in [3.8, 4) is 22.4 Å². The second kappa shape index (κ2) is 5.61. The second-order valence-electron chi connectivity index (χ2n) is 4.49. The van der Waals surface area contributed by atoms with Gasteiger partial charge in [0.25, 0.3) is 0 Å². The number of halogens is 3. The number of rotatable bonds is 2. The maximum atomic E-state index is 13.5. The van der Waals surface area contributed by atoms with Crippen LogP contribution >= 0.6 is 31.9 Å². The van der Waals surface area contributed by atoms with Crippen molar-refractivity contribution < 1.29 is 4.39 Å². The van der Waals surface area contributed by atoms with Crippen LogP contribution < -0.4 is 5.73 Å². The molecule has 0 fully saturated rings. The van der Waals surface area contributed by atoms with Gasteiger partial charge in [-0.2, -0.15) is 5.10 Å². The Bertz CT molecular complexity index is 814. The molecule has 1 heterocycles. The molecule has 3 N–H and O–H groups in total. The minimum Gasteiger partial charge on any atom is -0.382 e. The van der Waals surface area contributed by atoms with Gasteiger partial charge >= 0.3 is 0 Å². The van der Waals surface area contributed by atoms with Gasteiger partial charge in [-0.3, -0.25) is 5.10 Å². The van der Waals surface area contributed by atoms with Crippen LogP contribution in [0.1, 0.15) is 0 Å². The summed E-state index contributed by atoms with van der Waals surface area (Å²) in [5, 5.41) is 6.99. The quantitative estimate of drug-likeness (QED) is 0.625. The van der Waals surface area contributed by atoms with Crippen molar-refractivity contribution in [2.24, 2.45) is 0 Å². The number of aromatic nitrogens is 2. The maximum absolute atomic E-state index is 13.5. The molecular formula is C15H10Br2FN3. The van der Waals surface area contributed by atoms with E-state index in [0.717, 1.165) is 20.2 Å². The average Bonchev–Trinajstić information content (AvgIpc) is 2.80. The molecular weight excluding hydrogens is 401 g/mol. The van der Waals surface area contributed by atoms with Crippen LogP contribution in [0.3, 0.4) is 0 Å². The highest BCUT2D eigenvalue weighted by molar-refractivity contribution is 9.11. The molecule has 0 atom stereocenters. The van der Waals surface area contributed by atoms with Gasteiger partial charge in [-0.15, -0.1) is 0 Å². The number of anilines is 1. The number of hydrogen-bond acceptors (Lipinski definition) is 2. The number of nitrogen functional groups attached to an aromatic ring is 1. The molecule has 1 aromatic heterocycles. The third kappa shape index (κ3) is 2.73. The first kappa shape index (κ1) is 14.3. The minimum absolute atomic E-state index is 0.311. The van der Waals surface area contributed by atoms with Crippen molar-refractivity contribution in [1.82, 2.24) is 10.2 Å². The van der Waals surface area contributed by atoms with Gasteiger partial charge in [-0.1, -0.05) is 50.1 Å². The first-order valence-electron chi connectivity index (χ1n) is 6.11. The molecule has 3 nitrogen and oxygen atoms in total. The summed E-state index contributed by atoms with van der Waals surface area (Å²) >= 11 is 6.94. The van der Waals surface area contributed by atoms with Crippen LogP contribution in [0.2, 0.25) is 0 Å². The molecule has 0 aliphatic rings. The summed E-state index contributed by atoms with van der Waals surface area (Å²) in [5.74, 6) is 0.0272. The molecule has 3 rings (SSSR count). The van der Waals surface area contributed by atoms with Crippen LogP contribution in [0.5, 0.6) is 0 Å². The zero-order valence-corrected chi connectivity index (χ0v) is 13.9. The number of nitrogens with one attached hydrogen (secondary N) is 1. The number of H-pyrrole nitrogens is 1. The first-order valence-corrected chi connectivity index (χ1v) is 7.70. The Morgan fingerprint density at radius 2 is 1.90 bits per heavy atom. The van der Waals surface area contributed by atoms with Crippen molar-refractivity contribution in [2.75, 3.05) is 5.73 Å².